The monoisotopic (exact) mass is 400 g/mol. The van der Waals surface area contributed by atoms with Gasteiger partial charge in [-0.05, 0) is 55.3 Å². The van der Waals surface area contributed by atoms with Crippen molar-refractivity contribution in [3.05, 3.63) is 75.8 Å². The van der Waals surface area contributed by atoms with E-state index in [1.165, 1.54) is 0 Å². The molecule has 3 aromatic rings. The number of fused-ring (bicyclic) bond motifs is 1. The third kappa shape index (κ3) is 4.84. The van der Waals surface area contributed by atoms with Crippen LogP contribution in [0.15, 0.2) is 57.7 Å². The van der Waals surface area contributed by atoms with Crippen molar-refractivity contribution in [1.29, 1.82) is 0 Å². The van der Waals surface area contributed by atoms with Gasteiger partial charge in [0.25, 0.3) is 0 Å². The quantitative estimate of drug-likeness (QED) is 0.426. The van der Waals surface area contributed by atoms with E-state index < -0.39 is 23.7 Å². The van der Waals surface area contributed by atoms with Crippen molar-refractivity contribution < 1.29 is 17.9 Å². The van der Waals surface area contributed by atoms with Crippen molar-refractivity contribution in [2.75, 3.05) is 6.61 Å². The van der Waals surface area contributed by atoms with Crippen LogP contribution in [0.5, 0.6) is 5.75 Å². The molecular formula is C24H26F2O3. The highest BCUT2D eigenvalue weighted by molar-refractivity contribution is 5.86. The molecule has 1 aromatic heterocycles. The smallest absolute Gasteiger partial charge is 0.344 e. The fraction of sp³-hybridized carbons (Fsp3) is 0.375. The van der Waals surface area contributed by atoms with E-state index in [4.69, 9.17) is 9.15 Å². The molecule has 0 amide bonds. The van der Waals surface area contributed by atoms with Gasteiger partial charge in [0, 0.05) is 12.0 Å². The Morgan fingerprint density at radius 3 is 2.45 bits per heavy atom. The molecule has 0 fully saturated rings. The minimum absolute atomic E-state index is 0.196. The largest absolute Gasteiger partial charge is 0.494 e. The zero-order valence-electron chi connectivity index (χ0n) is 16.8. The summed E-state index contributed by atoms with van der Waals surface area (Å²) in [5, 5.41) is 0.803. The Morgan fingerprint density at radius 2 is 1.76 bits per heavy atom. The van der Waals surface area contributed by atoms with E-state index >= 15 is 8.78 Å². The zero-order valence-corrected chi connectivity index (χ0v) is 16.8. The molecule has 0 spiro atoms. The molecular weight excluding hydrogens is 374 g/mol. The van der Waals surface area contributed by atoms with Crippen molar-refractivity contribution in [3.8, 4) is 5.75 Å². The Hall–Kier alpha value is -2.69. The lowest BCUT2D eigenvalue weighted by Gasteiger charge is -2.20. The molecule has 0 aliphatic rings. The van der Waals surface area contributed by atoms with E-state index in [-0.39, 0.29) is 6.42 Å². The summed E-state index contributed by atoms with van der Waals surface area (Å²) >= 11 is 0. The topological polar surface area (TPSA) is 39.4 Å². The highest BCUT2D eigenvalue weighted by Gasteiger charge is 2.38. The van der Waals surface area contributed by atoms with Crippen molar-refractivity contribution in [3.63, 3.8) is 0 Å². The van der Waals surface area contributed by atoms with E-state index in [1.54, 1.807) is 18.2 Å². The summed E-state index contributed by atoms with van der Waals surface area (Å²) in [7, 11) is 0. The Balaban J connectivity index is 2.07. The van der Waals surface area contributed by atoms with Crippen LogP contribution in [0.4, 0.5) is 8.78 Å². The number of alkyl halides is 2. The first-order valence-electron chi connectivity index (χ1n) is 10.1. The fourth-order valence-corrected chi connectivity index (χ4v) is 3.50. The highest BCUT2D eigenvalue weighted by atomic mass is 19.3. The van der Waals surface area contributed by atoms with Crippen molar-refractivity contribution in [1.82, 2.24) is 0 Å². The summed E-state index contributed by atoms with van der Waals surface area (Å²) in [6.07, 6.45) is 1.77. The van der Waals surface area contributed by atoms with Crippen molar-refractivity contribution in [2.24, 2.45) is 0 Å². The number of rotatable bonds is 9. The molecule has 1 heterocycles. The van der Waals surface area contributed by atoms with Gasteiger partial charge in [-0.2, -0.15) is 8.78 Å². The van der Waals surface area contributed by atoms with E-state index in [9.17, 15) is 4.79 Å². The van der Waals surface area contributed by atoms with Gasteiger partial charge in [-0.3, -0.25) is 0 Å². The second-order valence-electron chi connectivity index (χ2n) is 7.13. The SMILES string of the molecule is CCCCc1c(C(F)(F)CCc2ccccc2)oc(=O)c2ccc(OCC)cc12. The van der Waals surface area contributed by atoms with Gasteiger partial charge in [-0.15, -0.1) is 0 Å². The number of hydrogen-bond acceptors (Lipinski definition) is 3. The Bertz CT molecular complexity index is 1010. The van der Waals surface area contributed by atoms with E-state index in [0.29, 0.717) is 35.1 Å². The summed E-state index contributed by atoms with van der Waals surface area (Å²) in [5.74, 6) is -3.19. The van der Waals surface area contributed by atoms with Gasteiger partial charge in [0.1, 0.15) is 5.75 Å². The van der Waals surface area contributed by atoms with Crippen LogP contribution < -0.4 is 10.4 Å². The number of halogens is 2. The third-order valence-electron chi connectivity index (χ3n) is 5.00. The van der Waals surface area contributed by atoms with Crippen LogP contribution in [-0.4, -0.2) is 6.61 Å². The minimum Gasteiger partial charge on any atom is -0.494 e. The molecule has 5 heteroatoms. The number of hydrogen-bond donors (Lipinski definition) is 0. The van der Waals surface area contributed by atoms with Gasteiger partial charge < -0.3 is 9.15 Å². The molecule has 0 atom stereocenters. The minimum atomic E-state index is -3.24. The van der Waals surface area contributed by atoms with Gasteiger partial charge in [0.2, 0.25) is 0 Å². The van der Waals surface area contributed by atoms with Crippen molar-refractivity contribution in [2.45, 2.75) is 51.9 Å². The summed E-state index contributed by atoms with van der Waals surface area (Å²) in [5.41, 5.74) is 0.489. The maximum Gasteiger partial charge on any atom is 0.344 e. The van der Waals surface area contributed by atoms with Crippen LogP contribution in [0.25, 0.3) is 10.8 Å². The molecule has 0 N–H and O–H groups in total. The summed E-state index contributed by atoms with van der Waals surface area (Å²) in [6, 6.07) is 14.1. The van der Waals surface area contributed by atoms with Gasteiger partial charge in [-0.25, -0.2) is 4.79 Å². The molecule has 0 unspecified atom stereocenters. The number of benzene rings is 2. The second kappa shape index (κ2) is 9.21. The average molecular weight is 400 g/mol. The van der Waals surface area contributed by atoms with Gasteiger partial charge in [0.15, 0.2) is 5.76 Å². The van der Waals surface area contributed by atoms with E-state index in [2.05, 4.69) is 0 Å². The molecule has 0 aliphatic heterocycles. The predicted octanol–water partition coefficient (Wildman–Crippen LogP) is 6.26. The molecule has 29 heavy (non-hydrogen) atoms. The Morgan fingerprint density at radius 1 is 1.00 bits per heavy atom. The lowest BCUT2D eigenvalue weighted by molar-refractivity contribution is -0.0371. The predicted molar refractivity (Wildman–Crippen MR) is 111 cm³/mol. The number of aryl methyl sites for hydroxylation is 2. The first-order chi connectivity index (χ1) is 14.0. The third-order valence-corrected chi connectivity index (χ3v) is 5.00. The normalized spacial score (nSPS) is 11.7. The summed E-state index contributed by atoms with van der Waals surface area (Å²) in [6.45, 7) is 4.31. The molecule has 0 radical (unpaired) electrons. The van der Waals surface area contributed by atoms with Crippen LogP contribution >= 0.6 is 0 Å². The first kappa shape index (κ1) is 21.0. The molecule has 154 valence electrons. The van der Waals surface area contributed by atoms with Gasteiger partial charge in [-0.1, -0.05) is 43.7 Å². The van der Waals surface area contributed by atoms with Crippen LogP contribution in [0.1, 0.15) is 50.0 Å². The first-order valence-corrected chi connectivity index (χ1v) is 10.1. The molecule has 3 nitrogen and oxygen atoms in total. The number of ether oxygens (including phenoxy) is 1. The molecule has 0 bridgehead atoms. The number of unbranched alkanes of at least 4 members (excludes halogenated alkanes) is 1. The van der Waals surface area contributed by atoms with Crippen LogP contribution in [0.2, 0.25) is 0 Å². The summed E-state index contributed by atoms with van der Waals surface area (Å²) < 4.78 is 41.2. The second-order valence-corrected chi connectivity index (χ2v) is 7.13. The van der Waals surface area contributed by atoms with Crippen LogP contribution in [-0.2, 0) is 18.8 Å². The maximum atomic E-state index is 15.2. The van der Waals surface area contributed by atoms with E-state index in [1.807, 2.05) is 44.2 Å². The fourth-order valence-electron chi connectivity index (χ4n) is 3.50. The molecule has 3 rings (SSSR count). The van der Waals surface area contributed by atoms with Gasteiger partial charge in [0.05, 0.1) is 12.0 Å². The van der Waals surface area contributed by atoms with Crippen LogP contribution in [0, 0.1) is 0 Å². The molecule has 2 aromatic carbocycles. The summed E-state index contributed by atoms with van der Waals surface area (Å²) in [4.78, 5) is 12.5. The molecule has 0 saturated heterocycles. The molecule has 0 saturated carbocycles. The van der Waals surface area contributed by atoms with Crippen molar-refractivity contribution >= 4 is 10.8 Å². The standard InChI is InChI=1S/C24H26F2O3/c1-3-5-11-19-21-16-18(28-4-2)12-13-20(21)23(27)29-22(19)24(25,26)15-14-17-9-7-6-8-10-17/h6-10,12-13,16H,3-5,11,14-15H2,1-2H3. The zero-order chi connectivity index (χ0) is 20.9. The highest BCUT2D eigenvalue weighted by Crippen LogP contribution is 2.38. The Kier molecular flexibility index (Phi) is 6.68. The Labute approximate surface area is 169 Å². The lowest BCUT2D eigenvalue weighted by Crippen LogP contribution is -2.21. The van der Waals surface area contributed by atoms with Gasteiger partial charge >= 0.3 is 11.5 Å². The average Bonchev–Trinajstić information content (AvgIpc) is 2.72. The maximum absolute atomic E-state index is 15.2. The van der Waals surface area contributed by atoms with E-state index in [0.717, 1.165) is 18.4 Å². The van der Waals surface area contributed by atoms with Crippen LogP contribution in [0.3, 0.4) is 0 Å². The molecule has 0 aliphatic carbocycles. The lowest BCUT2D eigenvalue weighted by atomic mass is 9.95.